The van der Waals surface area contributed by atoms with Crippen LogP contribution in [0.15, 0.2) is 71.3 Å². The molecule has 2 heterocycles. The van der Waals surface area contributed by atoms with Crippen molar-refractivity contribution in [2.75, 3.05) is 18.5 Å². The van der Waals surface area contributed by atoms with Crippen molar-refractivity contribution in [1.29, 1.82) is 0 Å². The van der Waals surface area contributed by atoms with Crippen molar-refractivity contribution in [1.82, 2.24) is 10.5 Å². The van der Waals surface area contributed by atoms with Crippen LogP contribution in [0.5, 0.6) is 0 Å². The number of aromatic nitrogens is 1. The summed E-state index contributed by atoms with van der Waals surface area (Å²) in [4.78, 5) is 13.0. The summed E-state index contributed by atoms with van der Waals surface area (Å²) < 4.78 is 11.0. The Morgan fingerprint density at radius 1 is 1.14 bits per heavy atom. The molecule has 1 aliphatic rings. The molecule has 1 fully saturated rings. The number of nitrogens with one attached hydrogen (secondary N) is 2. The van der Waals surface area contributed by atoms with Crippen LogP contribution in [0, 0.1) is 12.8 Å². The van der Waals surface area contributed by atoms with Gasteiger partial charge in [0.15, 0.2) is 5.82 Å². The van der Waals surface area contributed by atoms with Gasteiger partial charge in [0.25, 0.3) is 0 Å². The van der Waals surface area contributed by atoms with E-state index in [-0.39, 0.29) is 12.0 Å². The van der Waals surface area contributed by atoms with Crippen molar-refractivity contribution in [3.05, 3.63) is 83.6 Å². The summed E-state index contributed by atoms with van der Waals surface area (Å²) >= 11 is 0. The van der Waals surface area contributed by atoms with Gasteiger partial charge in [0, 0.05) is 25.1 Å². The average molecular weight is 391 g/mol. The molecule has 4 rings (SSSR count). The fourth-order valence-electron chi connectivity index (χ4n) is 3.75. The van der Waals surface area contributed by atoms with E-state index in [0.29, 0.717) is 24.0 Å². The highest BCUT2D eigenvalue weighted by Gasteiger charge is 2.31. The van der Waals surface area contributed by atoms with Crippen molar-refractivity contribution >= 4 is 11.7 Å². The maximum atomic E-state index is 13.0. The summed E-state index contributed by atoms with van der Waals surface area (Å²) in [6.45, 7) is 3.19. The molecule has 1 aromatic heterocycles. The molecule has 3 atom stereocenters. The number of carbonyl (C=O) groups excluding carboxylic acids is 1. The standard InChI is InChI=1S/C23H25N3O3/c1-16-14-20(26-29-16)25-23(27)21(17-8-4-2-5-9-17)24-15-19-12-13-28-22(19)18-10-6-3-7-11-18/h2-11,14,19,21-22,24H,12-13,15H2,1H3,(H,25,26,27)/t19-,21?,22-/m1/s1. The second kappa shape index (κ2) is 9.03. The smallest absolute Gasteiger partial charge is 0.247 e. The number of nitrogens with zero attached hydrogens (tertiary/aromatic N) is 1. The van der Waals surface area contributed by atoms with Crippen molar-refractivity contribution in [2.45, 2.75) is 25.5 Å². The molecular weight excluding hydrogens is 366 g/mol. The van der Waals surface area contributed by atoms with Crippen LogP contribution in [0.1, 0.15) is 35.5 Å². The Labute approximate surface area is 170 Å². The number of amides is 1. The molecule has 1 amide bonds. The van der Waals surface area contributed by atoms with E-state index in [4.69, 9.17) is 9.26 Å². The Morgan fingerprint density at radius 2 is 1.86 bits per heavy atom. The SMILES string of the molecule is Cc1cc(NC(=O)C(NC[C@H]2CCO[C@@H]2c2ccccc2)c2ccccc2)no1. The van der Waals surface area contributed by atoms with Crippen molar-refractivity contribution in [3.8, 4) is 0 Å². The molecule has 1 unspecified atom stereocenters. The van der Waals surface area contributed by atoms with Crippen molar-refractivity contribution in [3.63, 3.8) is 0 Å². The van der Waals surface area contributed by atoms with E-state index < -0.39 is 6.04 Å². The minimum absolute atomic E-state index is 0.0429. The fourth-order valence-corrected chi connectivity index (χ4v) is 3.75. The summed E-state index contributed by atoms with van der Waals surface area (Å²) in [5, 5.41) is 10.2. The molecule has 0 spiro atoms. The Balaban J connectivity index is 1.47. The minimum Gasteiger partial charge on any atom is -0.373 e. The number of aryl methyl sites for hydroxylation is 1. The molecule has 2 aromatic carbocycles. The Hall–Kier alpha value is -2.96. The summed E-state index contributed by atoms with van der Waals surface area (Å²) in [7, 11) is 0. The first-order valence-corrected chi connectivity index (χ1v) is 9.90. The van der Waals surface area contributed by atoms with Crippen LogP contribution in [-0.4, -0.2) is 24.2 Å². The van der Waals surface area contributed by atoms with E-state index >= 15 is 0 Å². The highest BCUT2D eigenvalue weighted by atomic mass is 16.5. The quantitative estimate of drug-likeness (QED) is 0.636. The van der Waals surface area contributed by atoms with E-state index in [1.807, 2.05) is 48.5 Å². The Morgan fingerprint density at radius 3 is 2.55 bits per heavy atom. The lowest BCUT2D eigenvalue weighted by Crippen LogP contribution is -2.36. The highest BCUT2D eigenvalue weighted by molar-refractivity contribution is 5.94. The first kappa shape index (κ1) is 19.4. The molecule has 1 saturated heterocycles. The maximum Gasteiger partial charge on any atom is 0.247 e. The number of anilines is 1. The van der Waals surface area contributed by atoms with Crippen molar-refractivity contribution < 1.29 is 14.1 Å². The van der Waals surface area contributed by atoms with Crippen molar-refractivity contribution in [2.24, 2.45) is 5.92 Å². The first-order chi connectivity index (χ1) is 14.2. The van der Waals surface area contributed by atoms with Gasteiger partial charge in [0.1, 0.15) is 11.8 Å². The number of carbonyl (C=O) groups is 1. The summed E-state index contributed by atoms with van der Waals surface area (Å²) in [5.41, 5.74) is 2.08. The molecule has 0 radical (unpaired) electrons. The van der Waals surface area contributed by atoms with Gasteiger partial charge in [-0.05, 0) is 24.5 Å². The number of benzene rings is 2. The van der Waals surface area contributed by atoms with Crippen LogP contribution in [0.4, 0.5) is 5.82 Å². The minimum atomic E-state index is -0.495. The molecule has 0 saturated carbocycles. The van der Waals surface area contributed by atoms with Crippen LogP contribution in [0.25, 0.3) is 0 Å². The second-order valence-corrected chi connectivity index (χ2v) is 7.31. The van der Waals surface area contributed by atoms with E-state index in [2.05, 4.69) is 27.9 Å². The molecule has 150 valence electrons. The molecular formula is C23H25N3O3. The molecule has 2 N–H and O–H groups in total. The van der Waals surface area contributed by atoms with Gasteiger partial charge in [0.2, 0.25) is 5.91 Å². The zero-order valence-corrected chi connectivity index (χ0v) is 16.4. The average Bonchev–Trinajstić information content (AvgIpc) is 3.38. The van der Waals surface area contributed by atoms with Gasteiger partial charge in [-0.15, -0.1) is 0 Å². The number of ether oxygens (including phenoxy) is 1. The van der Waals surface area contributed by atoms with E-state index in [9.17, 15) is 4.79 Å². The predicted molar refractivity (Wildman–Crippen MR) is 110 cm³/mol. The molecule has 0 aliphatic carbocycles. The molecule has 3 aromatic rings. The van der Waals surface area contributed by atoms with Gasteiger partial charge in [-0.1, -0.05) is 65.8 Å². The van der Waals surface area contributed by atoms with E-state index in [0.717, 1.165) is 18.6 Å². The Bertz CT molecular complexity index is 927. The third-order valence-electron chi connectivity index (χ3n) is 5.20. The van der Waals surface area contributed by atoms with Gasteiger partial charge < -0.3 is 19.9 Å². The van der Waals surface area contributed by atoms with E-state index in [1.54, 1.807) is 13.0 Å². The second-order valence-electron chi connectivity index (χ2n) is 7.31. The zero-order valence-electron chi connectivity index (χ0n) is 16.4. The highest BCUT2D eigenvalue weighted by Crippen LogP contribution is 2.34. The van der Waals surface area contributed by atoms with Crippen LogP contribution in [0.3, 0.4) is 0 Å². The number of hydrogen-bond donors (Lipinski definition) is 2. The molecule has 0 bridgehead atoms. The van der Waals surface area contributed by atoms with Crippen LogP contribution >= 0.6 is 0 Å². The van der Waals surface area contributed by atoms with Crippen LogP contribution < -0.4 is 10.6 Å². The summed E-state index contributed by atoms with van der Waals surface area (Å²) in [5.74, 6) is 1.20. The zero-order chi connectivity index (χ0) is 20.1. The Kier molecular flexibility index (Phi) is 6.03. The topological polar surface area (TPSA) is 76.4 Å². The normalized spacial score (nSPS) is 19.8. The predicted octanol–water partition coefficient (Wildman–Crippen LogP) is 4.03. The molecule has 1 aliphatic heterocycles. The third kappa shape index (κ3) is 4.72. The summed E-state index contributed by atoms with van der Waals surface area (Å²) in [6, 6.07) is 21.2. The van der Waals surface area contributed by atoms with E-state index in [1.165, 1.54) is 5.56 Å². The lowest BCUT2D eigenvalue weighted by Gasteiger charge is -2.23. The molecule has 29 heavy (non-hydrogen) atoms. The van der Waals surface area contributed by atoms with Gasteiger partial charge in [-0.25, -0.2) is 0 Å². The number of rotatable bonds is 7. The van der Waals surface area contributed by atoms with Crippen LogP contribution in [0.2, 0.25) is 0 Å². The molecule has 6 nitrogen and oxygen atoms in total. The fraction of sp³-hybridized carbons (Fsp3) is 0.304. The van der Waals surface area contributed by atoms with Gasteiger partial charge >= 0.3 is 0 Å². The van der Waals surface area contributed by atoms with Gasteiger partial charge in [-0.3, -0.25) is 4.79 Å². The maximum absolute atomic E-state index is 13.0. The van der Waals surface area contributed by atoms with Gasteiger partial charge in [-0.2, -0.15) is 0 Å². The van der Waals surface area contributed by atoms with Gasteiger partial charge in [0.05, 0.1) is 6.10 Å². The summed E-state index contributed by atoms with van der Waals surface area (Å²) in [6.07, 6.45) is 0.999. The largest absolute Gasteiger partial charge is 0.373 e. The lowest BCUT2D eigenvalue weighted by molar-refractivity contribution is -0.118. The molecule has 6 heteroatoms. The lowest BCUT2D eigenvalue weighted by atomic mass is 9.94. The third-order valence-corrected chi connectivity index (χ3v) is 5.20. The first-order valence-electron chi connectivity index (χ1n) is 9.90. The van der Waals surface area contributed by atoms with Crippen LogP contribution in [-0.2, 0) is 9.53 Å². The number of hydrogen-bond acceptors (Lipinski definition) is 5. The monoisotopic (exact) mass is 391 g/mol.